The third-order valence-corrected chi connectivity index (χ3v) is 2.74. The number of nitrogens with one attached hydrogen (secondary N) is 3. The van der Waals surface area contributed by atoms with Crippen LogP contribution in [0.4, 0.5) is 4.79 Å². The van der Waals surface area contributed by atoms with Crippen LogP contribution in [0.2, 0.25) is 0 Å². The summed E-state index contributed by atoms with van der Waals surface area (Å²) >= 11 is 0. The fraction of sp³-hybridized carbons (Fsp3) is 0.786. The van der Waals surface area contributed by atoms with E-state index < -0.39 is 5.97 Å². The molecule has 0 aromatic heterocycles. The fourth-order valence-corrected chi connectivity index (χ4v) is 1.68. The molecule has 7 heteroatoms. The summed E-state index contributed by atoms with van der Waals surface area (Å²) < 4.78 is 0. The minimum Gasteiger partial charge on any atom is -0.481 e. The Hall–Kier alpha value is -1.79. The first kappa shape index (κ1) is 19.2. The maximum atomic E-state index is 11.5. The lowest BCUT2D eigenvalue weighted by Crippen LogP contribution is -2.43. The van der Waals surface area contributed by atoms with Crippen LogP contribution in [0, 0.1) is 5.92 Å². The summed E-state index contributed by atoms with van der Waals surface area (Å²) in [5, 5.41) is 16.7. The van der Waals surface area contributed by atoms with Crippen molar-refractivity contribution in [2.24, 2.45) is 5.92 Å². The van der Waals surface area contributed by atoms with Gasteiger partial charge < -0.3 is 21.1 Å². The molecule has 0 aliphatic carbocycles. The summed E-state index contributed by atoms with van der Waals surface area (Å²) in [6, 6.07) is -0.387. The van der Waals surface area contributed by atoms with E-state index in [4.69, 9.17) is 5.11 Å². The molecule has 0 bridgehead atoms. The maximum absolute atomic E-state index is 11.5. The molecule has 0 aromatic rings. The third-order valence-electron chi connectivity index (χ3n) is 2.74. The van der Waals surface area contributed by atoms with E-state index >= 15 is 0 Å². The average Bonchev–Trinajstić information content (AvgIpc) is 2.31. The fourth-order valence-electron chi connectivity index (χ4n) is 1.68. The highest BCUT2D eigenvalue weighted by Gasteiger charge is 2.14. The van der Waals surface area contributed by atoms with Gasteiger partial charge in [0, 0.05) is 31.5 Å². The van der Waals surface area contributed by atoms with Crippen LogP contribution < -0.4 is 16.0 Å². The topological polar surface area (TPSA) is 108 Å². The Bertz CT molecular complexity index is 364. The standard InChI is InChI=1S/C14H27N3O4/c1-5-10(8-12(19)20)9-16-13(21)15-7-6-11(18)17-14(2,3)4/h10H,5-9H2,1-4H3,(H,17,18)(H,19,20)(H2,15,16,21). The highest BCUT2D eigenvalue weighted by atomic mass is 16.4. The minimum absolute atomic E-state index is 0.0325. The summed E-state index contributed by atoms with van der Waals surface area (Å²) in [7, 11) is 0. The van der Waals surface area contributed by atoms with Crippen molar-refractivity contribution in [3.05, 3.63) is 0 Å². The van der Waals surface area contributed by atoms with Crippen LogP contribution in [0.1, 0.15) is 47.0 Å². The first-order valence-electron chi connectivity index (χ1n) is 7.18. The van der Waals surface area contributed by atoms with Gasteiger partial charge in [0.05, 0.1) is 0 Å². The second-order valence-electron chi connectivity index (χ2n) is 6.06. The van der Waals surface area contributed by atoms with Crippen molar-refractivity contribution in [1.29, 1.82) is 0 Å². The maximum Gasteiger partial charge on any atom is 0.314 e. The number of hydrogen-bond acceptors (Lipinski definition) is 3. The van der Waals surface area contributed by atoms with Crippen molar-refractivity contribution < 1.29 is 19.5 Å². The van der Waals surface area contributed by atoms with Gasteiger partial charge in [-0.3, -0.25) is 9.59 Å². The van der Waals surface area contributed by atoms with E-state index in [9.17, 15) is 14.4 Å². The van der Waals surface area contributed by atoms with Gasteiger partial charge in [0.1, 0.15) is 0 Å². The van der Waals surface area contributed by atoms with Crippen LogP contribution in [0.15, 0.2) is 0 Å². The Morgan fingerprint density at radius 1 is 1.14 bits per heavy atom. The van der Waals surface area contributed by atoms with E-state index in [1.165, 1.54) is 0 Å². The molecular formula is C14H27N3O4. The van der Waals surface area contributed by atoms with Crippen molar-refractivity contribution in [2.45, 2.75) is 52.5 Å². The van der Waals surface area contributed by atoms with Crippen LogP contribution >= 0.6 is 0 Å². The molecule has 0 aromatic carbocycles. The van der Waals surface area contributed by atoms with Crippen LogP contribution in [-0.4, -0.2) is 41.6 Å². The average molecular weight is 301 g/mol. The molecule has 1 atom stereocenters. The van der Waals surface area contributed by atoms with Gasteiger partial charge in [0.2, 0.25) is 5.91 Å². The van der Waals surface area contributed by atoms with Gasteiger partial charge in [-0.05, 0) is 26.7 Å². The highest BCUT2D eigenvalue weighted by Crippen LogP contribution is 2.06. The van der Waals surface area contributed by atoms with E-state index in [1.54, 1.807) is 0 Å². The summed E-state index contributed by atoms with van der Waals surface area (Å²) in [6.45, 7) is 8.09. The molecule has 0 spiro atoms. The van der Waals surface area contributed by atoms with Gasteiger partial charge in [-0.2, -0.15) is 0 Å². The molecule has 0 heterocycles. The predicted molar refractivity (Wildman–Crippen MR) is 79.9 cm³/mol. The van der Waals surface area contributed by atoms with Crippen molar-refractivity contribution in [3.8, 4) is 0 Å². The molecule has 0 saturated carbocycles. The van der Waals surface area contributed by atoms with Crippen molar-refractivity contribution in [2.75, 3.05) is 13.1 Å². The number of urea groups is 1. The SMILES string of the molecule is CCC(CNC(=O)NCCC(=O)NC(C)(C)C)CC(=O)O. The number of carbonyl (C=O) groups is 3. The lowest BCUT2D eigenvalue weighted by Gasteiger charge is -2.20. The number of aliphatic carboxylic acids is 1. The molecule has 0 saturated heterocycles. The molecule has 0 aliphatic rings. The summed E-state index contributed by atoms with van der Waals surface area (Å²) in [5.41, 5.74) is -0.287. The van der Waals surface area contributed by atoms with E-state index in [0.717, 1.165) is 0 Å². The summed E-state index contributed by atoms with van der Waals surface area (Å²) in [6.07, 6.45) is 0.919. The Balaban J connectivity index is 3.85. The number of carbonyl (C=O) groups excluding carboxylic acids is 2. The monoisotopic (exact) mass is 301 g/mol. The number of hydrogen-bond donors (Lipinski definition) is 4. The molecule has 0 rings (SSSR count). The molecule has 4 N–H and O–H groups in total. The zero-order chi connectivity index (χ0) is 16.5. The molecule has 21 heavy (non-hydrogen) atoms. The van der Waals surface area contributed by atoms with Gasteiger partial charge in [-0.15, -0.1) is 0 Å². The van der Waals surface area contributed by atoms with Gasteiger partial charge in [0.15, 0.2) is 0 Å². The lowest BCUT2D eigenvalue weighted by atomic mass is 10.0. The number of carboxylic acid groups (broad SMARTS) is 1. The Labute approximate surface area is 125 Å². The van der Waals surface area contributed by atoms with E-state index in [0.29, 0.717) is 13.0 Å². The smallest absolute Gasteiger partial charge is 0.314 e. The second kappa shape index (κ2) is 9.20. The van der Waals surface area contributed by atoms with Crippen molar-refractivity contribution in [1.82, 2.24) is 16.0 Å². The molecule has 1 unspecified atom stereocenters. The minimum atomic E-state index is -0.872. The van der Waals surface area contributed by atoms with E-state index in [1.807, 2.05) is 27.7 Å². The molecule has 0 radical (unpaired) electrons. The number of rotatable bonds is 8. The third kappa shape index (κ3) is 11.7. The molecule has 122 valence electrons. The van der Waals surface area contributed by atoms with Crippen LogP contribution in [0.5, 0.6) is 0 Å². The summed E-state index contributed by atoms with van der Waals surface area (Å²) in [4.78, 5) is 33.6. The van der Waals surface area contributed by atoms with Crippen LogP contribution in [-0.2, 0) is 9.59 Å². The zero-order valence-corrected chi connectivity index (χ0v) is 13.3. The zero-order valence-electron chi connectivity index (χ0n) is 13.3. The second-order valence-corrected chi connectivity index (χ2v) is 6.06. The molecular weight excluding hydrogens is 274 g/mol. The normalized spacial score (nSPS) is 12.4. The number of amides is 3. The largest absolute Gasteiger partial charge is 0.481 e. The quantitative estimate of drug-likeness (QED) is 0.538. The van der Waals surface area contributed by atoms with Crippen molar-refractivity contribution >= 4 is 17.9 Å². The van der Waals surface area contributed by atoms with Crippen LogP contribution in [0.3, 0.4) is 0 Å². The van der Waals surface area contributed by atoms with Gasteiger partial charge in [-0.25, -0.2) is 4.79 Å². The van der Waals surface area contributed by atoms with Gasteiger partial charge in [0.25, 0.3) is 0 Å². The first-order valence-corrected chi connectivity index (χ1v) is 7.18. The first-order chi connectivity index (χ1) is 9.64. The molecule has 0 fully saturated rings. The Morgan fingerprint density at radius 3 is 2.24 bits per heavy atom. The van der Waals surface area contributed by atoms with Crippen molar-refractivity contribution in [3.63, 3.8) is 0 Å². The number of carboxylic acids is 1. The Morgan fingerprint density at radius 2 is 1.76 bits per heavy atom. The molecule has 0 aliphatic heterocycles. The highest BCUT2D eigenvalue weighted by molar-refractivity contribution is 5.78. The lowest BCUT2D eigenvalue weighted by molar-refractivity contribution is -0.138. The van der Waals surface area contributed by atoms with Gasteiger partial charge >= 0.3 is 12.0 Å². The molecule has 7 nitrogen and oxygen atoms in total. The van der Waals surface area contributed by atoms with E-state index in [2.05, 4.69) is 16.0 Å². The summed E-state index contributed by atoms with van der Waals surface area (Å²) in [5.74, 6) is -1.08. The van der Waals surface area contributed by atoms with Crippen LogP contribution in [0.25, 0.3) is 0 Å². The van der Waals surface area contributed by atoms with E-state index in [-0.39, 0.29) is 42.8 Å². The molecule has 3 amide bonds. The van der Waals surface area contributed by atoms with Gasteiger partial charge in [-0.1, -0.05) is 13.3 Å². The predicted octanol–water partition coefficient (Wildman–Crippen LogP) is 1.09. The Kier molecular flexibility index (Phi) is 8.42.